The van der Waals surface area contributed by atoms with Crippen LogP contribution >= 0.6 is 0 Å². The van der Waals surface area contributed by atoms with Crippen LogP contribution in [0.5, 0.6) is 0 Å². The maximum Gasteiger partial charge on any atom is 0.331 e. The van der Waals surface area contributed by atoms with Gasteiger partial charge in [-0.15, -0.1) is 0 Å². The summed E-state index contributed by atoms with van der Waals surface area (Å²) in [4.78, 5) is 26.7. The van der Waals surface area contributed by atoms with E-state index in [1.807, 2.05) is 25.9 Å². The van der Waals surface area contributed by atoms with Gasteiger partial charge in [0.25, 0.3) is 0 Å². The topological polar surface area (TPSA) is 60.9 Å². The summed E-state index contributed by atoms with van der Waals surface area (Å²) in [5.41, 5.74) is 0.431. The van der Waals surface area contributed by atoms with Gasteiger partial charge < -0.3 is 14.9 Å². The van der Waals surface area contributed by atoms with Crippen LogP contribution in [0.1, 0.15) is 27.2 Å². The van der Waals surface area contributed by atoms with Crippen molar-refractivity contribution in [2.75, 3.05) is 33.7 Å². The average Bonchev–Trinajstić information content (AvgIpc) is 2.31. The standard InChI is InChI=1S/C13H24N2O3/c1-6-7-15(9-8-14(4)5)12(16)10(2)11(3)13(17)18/h6-9H2,1-5H3,(H,17,18)/b11-10-. The summed E-state index contributed by atoms with van der Waals surface area (Å²) < 4.78 is 0. The molecule has 0 fully saturated rings. The van der Waals surface area contributed by atoms with Crippen molar-refractivity contribution in [3.05, 3.63) is 11.1 Å². The molecule has 0 aromatic rings. The summed E-state index contributed by atoms with van der Waals surface area (Å²) in [6.45, 7) is 7.07. The zero-order valence-electron chi connectivity index (χ0n) is 12.0. The first-order valence-corrected chi connectivity index (χ1v) is 6.16. The normalized spacial score (nSPS) is 12.3. The molecule has 0 aliphatic heterocycles. The van der Waals surface area contributed by atoms with Crippen molar-refractivity contribution in [3.63, 3.8) is 0 Å². The SMILES string of the molecule is CCCN(CCN(C)C)C(=O)/C(C)=C(/C)C(=O)O. The molecule has 0 spiro atoms. The smallest absolute Gasteiger partial charge is 0.331 e. The maximum absolute atomic E-state index is 12.2. The van der Waals surface area contributed by atoms with E-state index in [-0.39, 0.29) is 11.5 Å². The van der Waals surface area contributed by atoms with Gasteiger partial charge in [0.05, 0.1) is 0 Å². The predicted octanol–water partition coefficient (Wildman–Crippen LogP) is 1.21. The molecule has 1 amide bonds. The minimum absolute atomic E-state index is 0.117. The highest BCUT2D eigenvalue weighted by Crippen LogP contribution is 2.08. The fourth-order valence-corrected chi connectivity index (χ4v) is 1.46. The highest BCUT2D eigenvalue weighted by molar-refractivity contribution is 6.01. The summed E-state index contributed by atoms with van der Waals surface area (Å²) in [6, 6.07) is 0. The van der Waals surface area contributed by atoms with Crippen molar-refractivity contribution in [1.29, 1.82) is 0 Å². The van der Waals surface area contributed by atoms with Gasteiger partial charge in [-0.2, -0.15) is 0 Å². The van der Waals surface area contributed by atoms with Gasteiger partial charge in [-0.25, -0.2) is 4.79 Å². The first kappa shape index (κ1) is 16.6. The lowest BCUT2D eigenvalue weighted by molar-refractivity contribution is -0.134. The number of carboxylic acid groups (broad SMARTS) is 1. The lowest BCUT2D eigenvalue weighted by Gasteiger charge is -2.24. The van der Waals surface area contributed by atoms with Gasteiger partial charge in [0.15, 0.2) is 0 Å². The van der Waals surface area contributed by atoms with E-state index in [9.17, 15) is 9.59 Å². The van der Waals surface area contributed by atoms with Crippen molar-refractivity contribution < 1.29 is 14.7 Å². The van der Waals surface area contributed by atoms with Crippen LogP contribution in [0.4, 0.5) is 0 Å². The zero-order chi connectivity index (χ0) is 14.3. The molecule has 0 rings (SSSR count). The van der Waals surface area contributed by atoms with E-state index in [0.717, 1.165) is 13.0 Å². The van der Waals surface area contributed by atoms with Crippen molar-refractivity contribution in [3.8, 4) is 0 Å². The zero-order valence-corrected chi connectivity index (χ0v) is 12.0. The molecule has 0 saturated heterocycles. The van der Waals surface area contributed by atoms with E-state index in [0.29, 0.717) is 18.7 Å². The molecule has 0 radical (unpaired) electrons. The number of carbonyl (C=O) groups is 2. The minimum Gasteiger partial charge on any atom is -0.478 e. The molecule has 0 heterocycles. The second kappa shape index (κ2) is 7.87. The number of carbonyl (C=O) groups excluding carboxylic acids is 1. The molecular weight excluding hydrogens is 232 g/mol. The van der Waals surface area contributed by atoms with E-state index in [2.05, 4.69) is 0 Å². The van der Waals surface area contributed by atoms with Gasteiger partial charge in [0.2, 0.25) is 5.91 Å². The Bertz CT molecular complexity index is 335. The van der Waals surface area contributed by atoms with Gasteiger partial charge in [-0.3, -0.25) is 4.79 Å². The first-order chi connectivity index (χ1) is 8.31. The molecule has 0 unspecified atom stereocenters. The van der Waals surface area contributed by atoms with Crippen LogP contribution in [0.25, 0.3) is 0 Å². The molecular formula is C13H24N2O3. The largest absolute Gasteiger partial charge is 0.478 e. The van der Waals surface area contributed by atoms with E-state index in [1.165, 1.54) is 6.92 Å². The Morgan fingerprint density at radius 2 is 1.56 bits per heavy atom. The second-order valence-corrected chi connectivity index (χ2v) is 4.65. The summed E-state index contributed by atoms with van der Waals surface area (Å²) in [5, 5.41) is 8.89. The summed E-state index contributed by atoms with van der Waals surface area (Å²) in [6.07, 6.45) is 0.860. The van der Waals surface area contributed by atoms with Gasteiger partial charge in [-0.1, -0.05) is 6.92 Å². The van der Waals surface area contributed by atoms with Crippen LogP contribution < -0.4 is 0 Å². The quantitative estimate of drug-likeness (QED) is 0.695. The maximum atomic E-state index is 12.2. The number of rotatable bonds is 7. The van der Waals surface area contributed by atoms with Crippen molar-refractivity contribution >= 4 is 11.9 Å². The van der Waals surface area contributed by atoms with E-state index in [4.69, 9.17) is 5.11 Å². The van der Waals surface area contributed by atoms with Crippen LogP contribution in [0.2, 0.25) is 0 Å². The van der Waals surface area contributed by atoms with Gasteiger partial charge in [0, 0.05) is 30.8 Å². The number of hydrogen-bond acceptors (Lipinski definition) is 3. The number of hydrogen-bond donors (Lipinski definition) is 1. The second-order valence-electron chi connectivity index (χ2n) is 4.65. The molecule has 0 aromatic heterocycles. The molecule has 0 saturated carbocycles. The van der Waals surface area contributed by atoms with E-state index in [1.54, 1.807) is 11.8 Å². The Morgan fingerprint density at radius 3 is 1.94 bits per heavy atom. The molecule has 18 heavy (non-hydrogen) atoms. The third kappa shape index (κ3) is 5.31. The molecule has 0 bridgehead atoms. The number of likely N-dealkylation sites (N-methyl/N-ethyl adjacent to an activating group) is 1. The van der Waals surface area contributed by atoms with Crippen LogP contribution in [0.3, 0.4) is 0 Å². The number of carboxylic acids is 1. The Hall–Kier alpha value is -1.36. The van der Waals surface area contributed by atoms with Crippen molar-refractivity contribution in [2.24, 2.45) is 0 Å². The van der Waals surface area contributed by atoms with Gasteiger partial charge in [0.1, 0.15) is 0 Å². The highest BCUT2D eigenvalue weighted by Gasteiger charge is 2.18. The highest BCUT2D eigenvalue weighted by atomic mass is 16.4. The van der Waals surface area contributed by atoms with Gasteiger partial charge >= 0.3 is 5.97 Å². The number of amides is 1. The van der Waals surface area contributed by atoms with Crippen LogP contribution in [0.15, 0.2) is 11.1 Å². The van der Waals surface area contributed by atoms with Crippen LogP contribution in [0, 0.1) is 0 Å². The lowest BCUT2D eigenvalue weighted by Crippen LogP contribution is -2.38. The predicted molar refractivity (Wildman–Crippen MR) is 71.4 cm³/mol. The van der Waals surface area contributed by atoms with Gasteiger partial charge in [-0.05, 0) is 34.4 Å². The molecule has 0 aromatic carbocycles. The van der Waals surface area contributed by atoms with E-state index < -0.39 is 5.97 Å². The Kier molecular flexibility index (Phi) is 7.27. The number of aliphatic carboxylic acids is 1. The molecule has 0 aliphatic carbocycles. The molecule has 1 N–H and O–H groups in total. The Morgan fingerprint density at radius 1 is 1.00 bits per heavy atom. The van der Waals surface area contributed by atoms with E-state index >= 15 is 0 Å². The first-order valence-electron chi connectivity index (χ1n) is 6.16. The van der Waals surface area contributed by atoms with Crippen molar-refractivity contribution in [2.45, 2.75) is 27.2 Å². The molecule has 5 nitrogen and oxygen atoms in total. The van der Waals surface area contributed by atoms with Crippen molar-refractivity contribution in [1.82, 2.24) is 9.80 Å². The fourth-order valence-electron chi connectivity index (χ4n) is 1.46. The lowest BCUT2D eigenvalue weighted by atomic mass is 10.1. The average molecular weight is 256 g/mol. The third-order valence-corrected chi connectivity index (χ3v) is 2.80. The Balaban J connectivity index is 4.85. The number of nitrogens with zero attached hydrogens (tertiary/aromatic N) is 2. The third-order valence-electron chi connectivity index (χ3n) is 2.80. The summed E-state index contributed by atoms with van der Waals surface area (Å²) >= 11 is 0. The molecule has 104 valence electrons. The van der Waals surface area contributed by atoms with Crippen LogP contribution in [-0.2, 0) is 9.59 Å². The van der Waals surface area contributed by atoms with Crippen LogP contribution in [-0.4, -0.2) is 60.5 Å². The molecule has 0 aliphatic rings. The fraction of sp³-hybridized carbons (Fsp3) is 0.692. The monoisotopic (exact) mass is 256 g/mol. The summed E-state index contributed by atoms with van der Waals surface area (Å²) in [7, 11) is 3.89. The molecule has 5 heteroatoms. The Labute approximate surface area is 109 Å². The minimum atomic E-state index is -1.04. The summed E-state index contributed by atoms with van der Waals surface area (Å²) in [5.74, 6) is -1.22. The molecule has 0 atom stereocenters.